The summed E-state index contributed by atoms with van der Waals surface area (Å²) in [6.45, 7) is 6.42. The van der Waals surface area contributed by atoms with Gasteiger partial charge < -0.3 is 14.2 Å². The molecule has 0 atom stereocenters. The maximum absolute atomic E-state index is 13.4. The standard InChI is InChI=1S/C23H25NO5S/c1-6-29-17-10-8-16(9-11-17)24-22(25)20(21(23(24)26)30-14(2)3)15-7-12-18(27-4)19(13-15)28-5/h7-14H,6H2,1-5H3. The van der Waals surface area contributed by atoms with Gasteiger partial charge in [0.05, 0.1) is 37.0 Å². The average Bonchev–Trinajstić information content (AvgIpc) is 2.97. The van der Waals surface area contributed by atoms with Crippen molar-refractivity contribution in [3.8, 4) is 17.2 Å². The van der Waals surface area contributed by atoms with Gasteiger partial charge in [0.2, 0.25) is 0 Å². The molecule has 0 N–H and O–H groups in total. The number of imide groups is 1. The van der Waals surface area contributed by atoms with Crippen LogP contribution in [0.2, 0.25) is 0 Å². The number of ether oxygens (including phenoxy) is 3. The number of carbonyl (C=O) groups is 2. The molecule has 158 valence electrons. The summed E-state index contributed by atoms with van der Waals surface area (Å²) in [6.07, 6.45) is 0. The summed E-state index contributed by atoms with van der Waals surface area (Å²) in [7, 11) is 3.09. The SMILES string of the molecule is CCOc1ccc(N2C(=O)C(SC(C)C)=C(c3ccc(OC)c(OC)c3)C2=O)cc1. The van der Waals surface area contributed by atoms with Crippen LogP contribution in [0.15, 0.2) is 47.4 Å². The first-order chi connectivity index (χ1) is 14.4. The first kappa shape index (κ1) is 21.8. The predicted molar refractivity (Wildman–Crippen MR) is 119 cm³/mol. The monoisotopic (exact) mass is 427 g/mol. The van der Waals surface area contributed by atoms with Crippen LogP contribution < -0.4 is 19.1 Å². The Labute approximate surface area is 180 Å². The van der Waals surface area contributed by atoms with E-state index in [9.17, 15) is 9.59 Å². The van der Waals surface area contributed by atoms with Gasteiger partial charge in [-0.2, -0.15) is 0 Å². The van der Waals surface area contributed by atoms with Crippen molar-refractivity contribution in [1.82, 2.24) is 0 Å². The number of anilines is 1. The first-order valence-corrected chi connectivity index (χ1v) is 10.5. The maximum Gasteiger partial charge on any atom is 0.272 e. The number of carbonyl (C=O) groups excluding carboxylic acids is 2. The molecule has 1 heterocycles. The third-order valence-corrected chi connectivity index (χ3v) is 5.56. The zero-order valence-electron chi connectivity index (χ0n) is 17.7. The van der Waals surface area contributed by atoms with Crippen LogP contribution in [0.5, 0.6) is 17.2 Å². The number of methoxy groups -OCH3 is 2. The topological polar surface area (TPSA) is 65.1 Å². The lowest BCUT2D eigenvalue weighted by molar-refractivity contribution is -0.119. The fraction of sp³-hybridized carbons (Fsp3) is 0.304. The lowest BCUT2D eigenvalue weighted by Gasteiger charge is -2.16. The average molecular weight is 428 g/mol. The Kier molecular flexibility index (Phi) is 6.72. The highest BCUT2D eigenvalue weighted by Crippen LogP contribution is 2.42. The van der Waals surface area contributed by atoms with E-state index >= 15 is 0 Å². The lowest BCUT2D eigenvalue weighted by Crippen LogP contribution is -2.31. The molecule has 3 rings (SSSR count). The van der Waals surface area contributed by atoms with Gasteiger partial charge in [0.15, 0.2) is 11.5 Å². The summed E-state index contributed by atoms with van der Waals surface area (Å²) in [6, 6.07) is 12.2. The van der Waals surface area contributed by atoms with Crippen molar-refractivity contribution in [1.29, 1.82) is 0 Å². The van der Waals surface area contributed by atoms with Crippen molar-refractivity contribution in [2.24, 2.45) is 0 Å². The zero-order valence-corrected chi connectivity index (χ0v) is 18.5. The second-order valence-corrected chi connectivity index (χ2v) is 8.40. The van der Waals surface area contributed by atoms with E-state index < -0.39 is 0 Å². The van der Waals surface area contributed by atoms with Crippen LogP contribution >= 0.6 is 11.8 Å². The Bertz CT molecular complexity index is 982. The van der Waals surface area contributed by atoms with Gasteiger partial charge >= 0.3 is 0 Å². The minimum absolute atomic E-state index is 0.132. The summed E-state index contributed by atoms with van der Waals surface area (Å²) in [5.74, 6) is 1.05. The van der Waals surface area contributed by atoms with Crippen LogP contribution in [0.4, 0.5) is 5.69 Å². The minimum atomic E-state index is -0.362. The largest absolute Gasteiger partial charge is 0.494 e. The molecule has 0 spiro atoms. The maximum atomic E-state index is 13.4. The molecule has 6 nitrogen and oxygen atoms in total. The Balaban J connectivity index is 2.06. The van der Waals surface area contributed by atoms with Gasteiger partial charge in [0, 0.05) is 5.25 Å². The van der Waals surface area contributed by atoms with Crippen LogP contribution in [0.25, 0.3) is 5.57 Å². The van der Waals surface area contributed by atoms with E-state index in [0.717, 1.165) is 0 Å². The van der Waals surface area contributed by atoms with Crippen LogP contribution in [-0.4, -0.2) is 37.9 Å². The van der Waals surface area contributed by atoms with Gasteiger partial charge in [-0.15, -0.1) is 11.8 Å². The summed E-state index contributed by atoms with van der Waals surface area (Å²) in [5.41, 5.74) is 1.49. The number of thioether (sulfide) groups is 1. The number of hydrogen-bond acceptors (Lipinski definition) is 6. The van der Waals surface area contributed by atoms with E-state index in [2.05, 4.69) is 0 Å². The molecule has 0 bridgehead atoms. The second kappa shape index (κ2) is 9.26. The zero-order chi connectivity index (χ0) is 21.8. The highest BCUT2D eigenvalue weighted by molar-refractivity contribution is 8.04. The van der Waals surface area contributed by atoms with E-state index in [0.29, 0.717) is 45.6 Å². The molecule has 1 aliphatic rings. The molecule has 0 unspecified atom stereocenters. The quantitative estimate of drug-likeness (QED) is 0.577. The molecule has 0 radical (unpaired) electrons. The fourth-order valence-electron chi connectivity index (χ4n) is 3.19. The van der Waals surface area contributed by atoms with Crippen molar-refractivity contribution in [3.05, 3.63) is 52.9 Å². The molecule has 2 amide bonds. The molecule has 2 aromatic carbocycles. The van der Waals surface area contributed by atoms with Crippen LogP contribution in [0.1, 0.15) is 26.3 Å². The summed E-state index contributed by atoms with van der Waals surface area (Å²) < 4.78 is 16.1. The number of amides is 2. The van der Waals surface area contributed by atoms with E-state index in [1.165, 1.54) is 23.8 Å². The number of rotatable bonds is 8. The molecule has 30 heavy (non-hydrogen) atoms. The van der Waals surface area contributed by atoms with Crippen LogP contribution in [0.3, 0.4) is 0 Å². The van der Waals surface area contributed by atoms with Gasteiger partial charge in [0.25, 0.3) is 11.8 Å². The van der Waals surface area contributed by atoms with E-state index in [1.807, 2.05) is 20.8 Å². The highest BCUT2D eigenvalue weighted by Gasteiger charge is 2.40. The molecule has 0 aliphatic carbocycles. The molecular formula is C23H25NO5S. The van der Waals surface area contributed by atoms with Crippen LogP contribution in [0, 0.1) is 0 Å². The molecular weight excluding hydrogens is 402 g/mol. The molecule has 0 fully saturated rings. The van der Waals surface area contributed by atoms with Crippen molar-refractivity contribution in [2.75, 3.05) is 25.7 Å². The summed E-state index contributed by atoms with van der Waals surface area (Å²) >= 11 is 1.38. The van der Waals surface area contributed by atoms with Crippen molar-refractivity contribution >= 4 is 34.8 Å². The normalized spacial score (nSPS) is 14.0. The van der Waals surface area contributed by atoms with Gasteiger partial charge in [-0.05, 0) is 48.9 Å². The first-order valence-electron chi connectivity index (χ1n) is 9.66. The molecule has 0 saturated heterocycles. The number of nitrogens with zero attached hydrogens (tertiary/aromatic N) is 1. The third kappa shape index (κ3) is 4.16. The molecule has 0 aromatic heterocycles. The molecule has 7 heteroatoms. The van der Waals surface area contributed by atoms with Gasteiger partial charge in [-0.1, -0.05) is 19.9 Å². The fourth-order valence-corrected chi connectivity index (χ4v) is 4.18. The van der Waals surface area contributed by atoms with Crippen molar-refractivity contribution in [3.63, 3.8) is 0 Å². The Morgan fingerprint density at radius 3 is 2.17 bits per heavy atom. The molecule has 1 aliphatic heterocycles. The molecule has 0 saturated carbocycles. The highest BCUT2D eigenvalue weighted by atomic mass is 32.2. The van der Waals surface area contributed by atoms with Gasteiger partial charge in [0.1, 0.15) is 5.75 Å². The van der Waals surface area contributed by atoms with Crippen LogP contribution in [-0.2, 0) is 9.59 Å². The summed E-state index contributed by atoms with van der Waals surface area (Å²) in [4.78, 5) is 28.3. The Hall–Kier alpha value is -2.93. The lowest BCUT2D eigenvalue weighted by atomic mass is 10.1. The smallest absolute Gasteiger partial charge is 0.272 e. The predicted octanol–water partition coefficient (Wildman–Crippen LogP) is 4.53. The van der Waals surface area contributed by atoms with Crippen molar-refractivity contribution in [2.45, 2.75) is 26.0 Å². The number of hydrogen-bond donors (Lipinski definition) is 0. The summed E-state index contributed by atoms with van der Waals surface area (Å²) in [5, 5.41) is 0.132. The van der Waals surface area contributed by atoms with Gasteiger partial charge in [-0.25, -0.2) is 4.90 Å². The minimum Gasteiger partial charge on any atom is -0.494 e. The number of benzene rings is 2. The van der Waals surface area contributed by atoms with E-state index in [1.54, 1.807) is 49.6 Å². The molecule has 2 aromatic rings. The second-order valence-electron chi connectivity index (χ2n) is 6.81. The van der Waals surface area contributed by atoms with Crippen molar-refractivity contribution < 1.29 is 23.8 Å². The van der Waals surface area contributed by atoms with E-state index in [4.69, 9.17) is 14.2 Å². The Morgan fingerprint density at radius 1 is 0.933 bits per heavy atom. The van der Waals surface area contributed by atoms with E-state index in [-0.39, 0.29) is 17.1 Å². The van der Waals surface area contributed by atoms with Gasteiger partial charge in [-0.3, -0.25) is 9.59 Å². The third-order valence-electron chi connectivity index (χ3n) is 4.47. The Morgan fingerprint density at radius 2 is 1.60 bits per heavy atom.